The molecule has 5 heteroatoms. The van der Waals surface area contributed by atoms with Crippen molar-refractivity contribution in [2.75, 3.05) is 13.2 Å². The smallest absolute Gasteiger partial charge is 0.251 e. The van der Waals surface area contributed by atoms with Gasteiger partial charge in [-0.1, -0.05) is 13.8 Å². The third-order valence-corrected chi connectivity index (χ3v) is 2.16. The van der Waals surface area contributed by atoms with E-state index in [0.717, 1.165) is 25.1 Å². The fraction of sp³-hybridized carbons (Fsp3) is 0.667. The maximum atomic E-state index is 11.4. The molecule has 0 amide bonds. The molecule has 1 heterocycles. The van der Waals surface area contributed by atoms with Gasteiger partial charge in [-0.3, -0.25) is 4.79 Å². The van der Waals surface area contributed by atoms with E-state index in [9.17, 15) is 4.79 Å². The Kier molecular flexibility index (Phi) is 6.50. The second-order valence-electron chi connectivity index (χ2n) is 3.91. The number of hydrogen-bond acceptors (Lipinski definition) is 4. The summed E-state index contributed by atoms with van der Waals surface area (Å²) >= 11 is 0. The van der Waals surface area contributed by atoms with Crippen molar-refractivity contribution < 1.29 is 4.74 Å². The molecule has 0 saturated heterocycles. The van der Waals surface area contributed by atoms with Gasteiger partial charge in [0.15, 0.2) is 0 Å². The fourth-order valence-electron chi connectivity index (χ4n) is 1.43. The van der Waals surface area contributed by atoms with E-state index in [0.29, 0.717) is 25.6 Å². The molecule has 5 nitrogen and oxygen atoms in total. The van der Waals surface area contributed by atoms with Gasteiger partial charge in [0, 0.05) is 19.2 Å². The molecular formula is C12H21N3O2. The van der Waals surface area contributed by atoms with E-state index < -0.39 is 0 Å². The van der Waals surface area contributed by atoms with Crippen LogP contribution in [0.1, 0.15) is 38.2 Å². The van der Waals surface area contributed by atoms with Crippen molar-refractivity contribution in [3.63, 3.8) is 0 Å². The van der Waals surface area contributed by atoms with Crippen molar-refractivity contribution in [1.82, 2.24) is 15.3 Å². The van der Waals surface area contributed by atoms with Crippen LogP contribution in [0.5, 0.6) is 0 Å². The van der Waals surface area contributed by atoms with Gasteiger partial charge in [-0.05, 0) is 19.4 Å². The molecule has 1 aromatic heterocycles. The van der Waals surface area contributed by atoms with Crippen LogP contribution in [-0.4, -0.2) is 23.1 Å². The summed E-state index contributed by atoms with van der Waals surface area (Å²) in [4.78, 5) is 18.4. The molecule has 96 valence electrons. The minimum atomic E-state index is -0.122. The average Bonchev–Trinajstić information content (AvgIpc) is 2.29. The third kappa shape index (κ3) is 5.60. The molecule has 0 atom stereocenters. The van der Waals surface area contributed by atoms with E-state index in [1.807, 2.05) is 6.92 Å². The Morgan fingerprint density at radius 3 is 2.94 bits per heavy atom. The zero-order chi connectivity index (χ0) is 12.5. The lowest BCUT2D eigenvalue weighted by atomic mass is 10.3. The standard InChI is InChI=1S/C12H21N3O2/c1-3-5-13-8-10-7-12(16)15-11(14-10)9-17-6-4-2/h7,13H,3-6,8-9H2,1-2H3,(H,14,15,16). The summed E-state index contributed by atoms with van der Waals surface area (Å²) in [5.74, 6) is 0.597. The molecule has 0 aliphatic carbocycles. The first-order chi connectivity index (χ1) is 8.26. The summed E-state index contributed by atoms with van der Waals surface area (Å²) in [6, 6.07) is 1.52. The van der Waals surface area contributed by atoms with Gasteiger partial charge in [-0.25, -0.2) is 4.98 Å². The molecule has 0 spiro atoms. The van der Waals surface area contributed by atoms with Crippen molar-refractivity contribution in [1.29, 1.82) is 0 Å². The normalized spacial score (nSPS) is 10.7. The van der Waals surface area contributed by atoms with Crippen LogP contribution in [0, 0.1) is 0 Å². The third-order valence-electron chi connectivity index (χ3n) is 2.16. The SMILES string of the molecule is CCCNCc1cc(=O)[nH]c(COCCC)n1. The monoisotopic (exact) mass is 239 g/mol. The molecular weight excluding hydrogens is 218 g/mol. The molecule has 2 N–H and O–H groups in total. The minimum Gasteiger partial charge on any atom is -0.374 e. The number of nitrogens with one attached hydrogen (secondary N) is 2. The molecule has 0 fully saturated rings. The van der Waals surface area contributed by atoms with Gasteiger partial charge in [0.2, 0.25) is 0 Å². The number of nitrogens with zero attached hydrogens (tertiary/aromatic N) is 1. The highest BCUT2D eigenvalue weighted by atomic mass is 16.5. The molecule has 0 aliphatic rings. The molecule has 0 saturated carbocycles. The van der Waals surface area contributed by atoms with Gasteiger partial charge in [0.05, 0.1) is 5.69 Å². The van der Waals surface area contributed by atoms with Crippen LogP contribution < -0.4 is 10.9 Å². The Morgan fingerprint density at radius 1 is 1.41 bits per heavy atom. The predicted molar refractivity (Wildman–Crippen MR) is 66.8 cm³/mol. The Hall–Kier alpha value is -1.20. The largest absolute Gasteiger partial charge is 0.374 e. The maximum Gasteiger partial charge on any atom is 0.251 e. The van der Waals surface area contributed by atoms with E-state index in [2.05, 4.69) is 22.2 Å². The molecule has 0 unspecified atom stereocenters. The van der Waals surface area contributed by atoms with E-state index in [4.69, 9.17) is 4.74 Å². The lowest BCUT2D eigenvalue weighted by molar-refractivity contribution is 0.115. The van der Waals surface area contributed by atoms with Gasteiger partial charge in [-0.2, -0.15) is 0 Å². The second-order valence-corrected chi connectivity index (χ2v) is 3.91. The lowest BCUT2D eigenvalue weighted by Gasteiger charge is -2.05. The Balaban J connectivity index is 2.56. The minimum absolute atomic E-state index is 0.122. The van der Waals surface area contributed by atoms with Crippen LogP contribution in [0.4, 0.5) is 0 Å². The maximum absolute atomic E-state index is 11.4. The van der Waals surface area contributed by atoms with Crippen LogP contribution >= 0.6 is 0 Å². The highest BCUT2D eigenvalue weighted by Gasteiger charge is 2.01. The van der Waals surface area contributed by atoms with Crippen LogP contribution in [0.15, 0.2) is 10.9 Å². The zero-order valence-corrected chi connectivity index (χ0v) is 10.6. The van der Waals surface area contributed by atoms with E-state index in [-0.39, 0.29) is 5.56 Å². The van der Waals surface area contributed by atoms with Gasteiger partial charge in [0.25, 0.3) is 5.56 Å². The molecule has 1 rings (SSSR count). The first-order valence-electron chi connectivity index (χ1n) is 6.13. The summed E-state index contributed by atoms with van der Waals surface area (Å²) < 4.78 is 5.35. The van der Waals surface area contributed by atoms with Gasteiger partial charge < -0.3 is 15.0 Å². The van der Waals surface area contributed by atoms with Crippen LogP contribution in [0.25, 0.3) is 0 Å². The van der Waals surface area contributed by atoms with Crippen molar-refractivity contribution in [3.8, 4) is 0 Å². The van der Waals surface area contributed by atoms with Gasteiger partial charge in [-0.15, -0.1) is 0 Å². The van der Waals surface area contributed by atoms with Crippen molar-refractivity contribution >= 4 is 0 Å². The Labute approximate surface area is 102 Å². The first-order valence-corrected chi connectivity index (χ1v) is 6.13. The number of aromatic nitrogens is 2. The van der Waals surface area contributed by atoms with E-state index in [1.54, 1.807) is 0 Å². The van der Waals surface area contributed by atoms with E-state index >= 15 is 0 Å². The summed E-state index contributed by atoms with van der Waals surface area (Å²) in [5.41, 5.74) is 0.640. The molecule has 0 aromatic carbocycles. The van der Waals surface area contributed by atoms with Crippen molar-refractivity contribution in [2.24, 2.45) is 0 Å². The number of ether oxygens (including phenoxy) is 1. The number of rotatable bonds is 8. The molecule has 0 bridgehead atoms. The van der Waals surface area contributed by atoms with Crippen molar-refractivity contribution in [2.45, 2.75) is 39.8 Å². The topological polar surface area (TPSA) is 67.0 Å². The highest BCUT2D eigenvalue weighted by molar-refractivity contribution is 5.02. The quantitative estimate of drug-likeness (QED) is 0.669. The number of H-pyrrole nitrogens is 1. The first kappa shape index (κ1) is 13.9. The summed E-state index contributed by atoms with van der Waals surface area (Å²) in [5, 5.41) is 3.22. The molecule has 17 heavy (non-hydrogen) atoms. The van der Waals surface area contributed by atoms with Gasteiger partial charge >= 0.3 is 0 Å². The number of aromatic amines is 1. The van der Waals surface area contributed by atoms with Crippen LogP contribution in [-0.2, 0) is 17.9 Å². The van der Waals surface area contributed by atoms with Crippen LogP contribution in [0.2, 0.25) is 0 Å². The summed E-state index contributed by atoms with van der Waals surface area (Å²) in [6.45, 7) is 6.74. The van der Waals surface area contributed by atoms with Crippen LogP contribution in [0.3, 0.4) is 0 Å². The Bertz CT molecular complexity index is 345. The summed E-state index contributed by atoms with van der Waals surface area (Å²) in [7, 11) is 0. The van der Waals surface area contributed by atoms with E-state index in [1.165, 1.54) is 6.07 Å². The van der Waals surface area contributed by atoms with Crippen molar-refractivity contribution in [3.05, 3.63) is 27.9 Å². The lowest BCUT2D eigenvalue weighted by Crippen LogP contribution is -2.19. The van der Waals surface area contributed by atoms with Gasteiger partial charge in [0.1, 0.15) is 12.4 Å². The Morgan fingerprint density at radius 2 is 2.24 bits per heavy atom. The highest BCUT2D eigenvalue weighted by Crippen LogP contribution is 1.95. The molecule has 0 radical (unpaired) electrons. The second kappa shape index (κ2) is 7.97. The fourth-order valence-corrected chi connectivity index (χ4v) is 1.43. The number of hydrogen-bond donors (Lipinski definition) is 2. The summed E-state index contributed by atoms with van der Waals surface area (Å²) in [6.07, 6.45) is 2.03. The zero-order valence-electron chi connectivity index (χ0n) is 10.6. The molecule has 1 aromatic rings. The predicted octanol–water partition coefficient (Wildman–Crippen LogP) is 1.20. The molecule has 0 aliphatic heterocycles. The average molecular weight is 239 g/mol.